The van der Waals surface area contributed by atoms with Gasteiger partial charge in [-0.1, -0.05) is 19.1 Å². The van der Waals surface area contributed by atoms with Crippen LogP contribution in [0.25, 0.3) is 0 Å². The Hall–Kier alpha value is -1.22. The van der Waals surface area contributed by atoms with Crippen LogP contribution in [0.1, 0.15) is 19.8 Å². The molecule has 26 heavy (non-hydrogen) atoms. The number of ether oxygens (including phenoxy) is 2. The summed E-state index contributed by atoms with van der Waals surface area (Å²) in [6.45, 7) is 7.97. The molecule has 1 saturated heterocycles. The van der Waals surface area contributed by atoms with Crippen molar-refractivity contribution in [3.8, 4) is 11.5 Å². The van der Waals surface area contributed by atoms with Gasteiger partial charge in [-0.2, -0.15) is 0 Å². The number of aliphatic imine (C=N–C) groups is 1. The molecular weight excluding hydrogens is 443 g/mol. The lowest BCUT2D eigenvalue weighted by Gasteiger charge is -2.32. The highest BCUT2D eigenvalue weighted by Gasteiger charge is 2.21. The third kappa shape index (κ3) is 5.90. The first-order valence-corrected chi connectivity index (χ1v) is 9.33. The van der Waals surface area contributed by atoms with Gasteiger partial charge in [0.25, 0.3) is 0 Å². The fraction of sp³-hybridized carbons (Fsp3) is 0.632. The van der Waals surface area contributed by atoms with Crippen LogP contribution in [0.3, 0.4) is 0 Å². The van der Waals surface area contributed by atoms with Crippen LogP contribution >= 0.6 is 24.0 Å². The van der Waals surface area contributed by atoms with E-state index < -0.39 is 0 Å². The number of nitrogens with zero attached hydrogens (tertiary/aromatic N) is 2. The second-order valence-corrected chi connectivity index (χ2v) is 6.73. The molecule has 1 aromatic rings. The van der Waals surface area contributed by atoms with Crippen molar-refractivity contribution in [2.75, 3.05) is 46.4 Å². The van der Waals surface area contributed by atoms with Gasteiger partial charge in [-0.3, -0.25) is 4.99 Å². The Morgan fingerprint density at radius 2 is 2.00 bits per heavy atom. The normalized spacial score (nSPS) is 23.1. The van der Waals surface area contributed by atoms with Gasteiger partial charge < -0.3 is 25.0 Å². The predicted molar refractivity (Wildman–Crippen MR) is 116 cm³/mol. The van der Waals surface area contributed by atoms with Crippen molar-refractivity contribution in [1.82, 2.24) is 15.5 Å². The maximum atomic E-state index is 5.97. The molecule has 0 bridgehead atoms. The monoisotopic (exact) mass is 474 g/mol. The molecule has 2 N–H and O–H groups in total. The van der Waals surface area contributed by atoms with E-state index in [1.165, 1.54) is 25.9 Å². The Balaban J connectivity index is 0.00000243. The minimum Gasteiger partial charge on any atom is -0.486 e. The number of fused-ring (bicyclic) bond motifs is 1. The molecule has 7 heteroatoms. The summed E-state index contributed by atoms with van der Waals surface area (Å²) in [5, 5.41) is 6.81. The van der Waals surface area contributed by atoms with Gasteiger partial charge in [-0.05, 0) is 44.0 Å². The van der Waals surface area contributed by atoms with Crippen LogP contribution in [0, 0.1) is 5.92 Å². The van der Waals surface area contributed by atoms with Crippen molar-refractivity contribution in [1.29, 1.82) is 0 Å². The number of guanidine groups is 1. The molecule has 2 aliphatic heterocycles. The SMILES string of the molecule is CCN1CCCC(CNC(=NC)NCC2COc3ccccc3O2)C1.I. The summed E-state index contributed by atoms with van der Waals surface area (Å²) in [4.78, 5) is 6.85. The van der Waals surface area contributed by atoms with Gasteiger partial charge in [0.15, 0.2) is 17.5 Å². The van der Waals surface area contributed by atoms with E-state index in [1.54, 1.807) is 0 Å². The van der Waals surface area contributed by atoms with Gasteiger partial charge in [0.2, 0.25) is 0 Å². The molecule has 2 unspecified atom stereocenters. The molecule has 6 nitrogen and oxygen atoms in total. The average molecular weight is 474 g/mol. The maximum Gasteiger partial charge on any atom is 0.191 e. The minimum atomic E-state index is -0.0151. The second kappa shape index (κ2) is 10.8. The number of para-hydroxylation sites is 2. The summed E-state index contributed by atoms with van der Waals surface area (Å²) in [6.07, 6.45) is 2.56. The highest BCUT2D eigenvalue weighted by Crippen LogP contribution is 2.30. The highest BCUT2D eigenvalue weighted by atomic mass is 127. The van der Waals surface area contributed by atoms with E-state index >= 15 is 0 Å². The number of piperidine rings is 1. The fourth-order valence-electron chi connectivity index (χ4n) is 3.44. The zero-order valence-electron chi connectivity index (χ0n) is 15.7. The molecule has 1 fully saturated rings. The molecule has 1 aromatic carbocycles. The van der Waals surface area contributed by atoms with Crippen molar-refractivity contribution < 1.29 is 9.47 Å². The second-order valence-electron chi connectivity index (χ2n) is 6.73. The smallest absolute Gasteiger partial charge is 0.191 e. The Bertz CT molecular complexity index is 584. The van der Waals surface area contributed by atoms with Crippen molar-refractivity contribution in [3.05, 3.63) is 24.3 Å². The molecule has 2 aliphatic rings. The maximum absolute atomic E-state index is 5.97. The van der Waals surface area contributed by atoms with E-state index in [4.69, 9.17) is 9.47 Å². The lowest BCUT2D eigenvalue weighted by atomic mass is 9.98. The minimum absolute atomic E-state index is 0. The molecule has 2 atom stereocenters. The Morgan fingerprint density at radius 3 is 2.77 bits per heavy atom. The van der Waals surface area contributed by atoms with Crippen LogP contribution in [-0.4, -0.2) is 63.3 Å². The van der Waals surface area contributed by atoms with Crippen LogP contribution in [0.15, 0.2) is 29.3 Å². The van der Waals surface area contributed by atoms with E-state index in [-0.39, 0.29) is 30.1 Å². The summed E-state index contributed by atoms with van der Waals surface area (Å²) >= 11 is 0. The first-order chi connectivity index (χ1) is 12.3. The van der Waals surface area contributed by atoms with Crippen LogP contribution < -0.4 is 20.1 Å². The van der Waals surface area contributed by atoms with Crippen LogP contribution in [0.4, 0.5) is 0 Å². The van der Waals surface area contributed by atoms with Gasteiger partial charge in [0.05, 0.1) is 6.54 Å². The number of likely N-dealkylation sites (tertiary alicyclic amines) is 1. The molecule has 146 valence electrons. The van der Waals surface area contributed by atoms with Gasteiger partial charge in [0.1, 0.15) is 12.7 Å². The number of hydrogen-bond donors (Lipinski definition) is 2. The van der Waals surface area contributed by atoms with Gasteiger partial charge in [-0.25, -0.2) is 0 Å². The number of rotatable bonds is 5. The van der Waals surface area contributed by atoms with E-state index in [0.29, 0.717) is 19.1 Å². The third-order valence-corrected chi connectivity index (χ3v) is 4.90. The molecule has 3 rings (SSSR count). The molecule has 0 aliphatic carbocycles. The van der Waals surface area contributed by atoms with Gasteiger partial charge >= 0.3 is 0 Å². The summed E-state index contributed by atoms with van der Waals surface area (Å²) in [5.74, 6) is 3.15. The Morgan fingerprint density at radius 1 is 1.23 bits per heavy atom. The van der Waals surface area contributed by atoms with E-state index in [2.05, 4.69) is 27.4 Å². The van der Waals surface area contributed by atoms with Crippen molar-refractivity contribution in [3.63, 3.8) is 0 Å². The van der Waals surface area contributed by atoms with Gasteiger partial charge in [0, 0.05) is 20.1 Å². The zero-order chi connectivity index (χ0) is 17.5. The van der Waals surface area contributed by atoms with Gasteiger partial charge in [-0.15, -0.1) is 24.0 Å². The Kier molecular flexibility index (Phi) is 8.77. The summed E-state index contributed by atoms with van der Waals surface area (Å²) in [7, 11) is 1.81. The zero-order valence-corrected chi connectivity index (χ0v) is 18.1. The topological polar surface area (TPSA) is 58.1 Å². The highest BCUT2D eigenvalue weighted by molar-refractivity contribution is 14.0. The van der Waals surface area contributed by atoms with Crippen LogP contribution in [0.2, 0.25) is 0 Å². The Labute approximate surface area is 173 Å². The standard InChI is InChI=1S/C19H30N4O2.HI/c1-3-23-10-6-7-15(13-23)11-21-19(20-2)22-12-16-14-24-17-8-4-5-9-18(17)25-16;/h4-5,8-9,15-16H,3,6-7,10-14H2,1-2H3,(H2,20,21,22);1H. The molecule has 0 spiro atoms. The summed E-state index contributed by atoms with van der Waals surface area (Å²) < 4.78 is 11.7. The molecule has 0 radical (unpaired) electrons. The van der Waals surface area contributed by atoms with Crippen molar-refractivity contribution in [2.45, 2.75) is 25.9 Å². The van der Waals surface area contributed by atoms with E-state index in [9.17, 15) is 0 Å². The van der Waals surface area contributed by atoms with E-state index in [1.807, 2.05) is 31.3 Å². The lowest BCUT2D eigenvalue weighted by Crippen LogP contribution is -2.47. The average Bonchev–Trinajstić information content (AvgIpc) is 2.68. The largest absolute Gasteiger partial charge is 0.486 e. The third-order valence-electron chi connectivity index (χ3n) is 4.90. The molecule has 0 saturated carbocycles. The van der Waals surface area contributed by atoms with Crippen molar-refractivity contribution in [2.24, 2.45) is 10.9 Å². The van der Waals surface area contributed by atoms with E-state index in [0.717, 1.165) is 30.5 Å². The van der Waals surface area contributed by atoms with Crippen molar-refractivity contribution >= 4 is 29.9 Å². The molecule has 0 aromatic heterocycles. The van der Waals surface area contributed by atoms with Crippen LogP contribution in [0.5, 0.6) is 11.5 Å². The first kappa shape index (κ1) is 21.1. The molecule has 0 amide bonds. The molecular formula is C19H31IN4O2. The number of benzene rings is 1. The number of halogens is 1. The molecule has 2 heterocycles. The van der Waals surface area contributed by atoms with Crippen LogP contribution in [-0.2, 0) is 0 Å². The first-order valence-electron chi connectivity index (χ1n) is 9.33. The predicted octanol–water partition coefficient (Wildman–Crippen LogP) is 2.34. The lowest BCUT2D eigenvalue weighted by molar-refractivity contribution is 0.0935. The number of hydrogen-bond acceptors (Lipinski definition) is 4. The quantitative estimate of drug-likeness (QED) is 0.390. The number of nitrogens with one attached hydrogen (secondary N) is 2. The summed E-state index contributed by atoms with van der Waals surface area (Å²) in [5.41, 5.74) is 0. The fourth-order valence-corrected chi connectivity index (χ4v) is 3.44. The summed E-state index contributed by atoms with van der Waals surface area (Å²) in [6, 6.07) is 7.79.